The Morgan fingerprint density at radius 2 is 1.76 bits per heavy atom. The summed E-state index contributed by atoms with van der Waals surface area (Å²) in [5.41, 5.74) is 3.44. The molecule has 2 aromatic rings. The van der Waals surface area contributed by atoms with Crippen LogP contribution in [0.15, 0.2) is 42.6 Å². The maximum Gasteiger partial charge on any atom is 0.199 e. The highest BCUT2D eigenvalue weighted by molar-refractivity contribution is 5.37. The van der Waals surface area contributed by atoms with E-state index in [0.29, 0.717) is 13.2 Å². The van der Waals surface area contributed by atoms with Gasteiger partial charge in [-0.05, 0) is 31.2 Å². The molecular formula is C14H15NO2. The van der Waals surface area contributed by atoms with Gasteiger partial charge in [0, 0.05) is 11.9 Å². The first-order chi connectivity index (χ1) is 8.34. The van der Waals surface area contributed by atoms with Gasteiger partial charge < -0.3 is 14.0 Å². The molecule has 1 saturated heterocycles. The summed E-state index contributed by atoms with van der Waals surface area (Å²) in [6.07, 6.45) is 1.80. The molecule has 2 heterocycles. The van der Waals surface area contributed by atoms with Gasteiger partial charge in [0.25, 0.3) is 0 Å². The van der Waals surface area contributed by atoms with Gasteiger partial charge >= 0.3 is 0 Å². The van der Waals surface area contributed by atoms with Crippen LogP contribution in [0.4, 0.5) is 0 Å². The molecular weight excluding hydrogens is 214 g/mol. The molecule has 1 aliphatic heterocycles. The van der Waals surface area contributed by atoms with Crippen LogP contribution >= 0.6 is 0 Å². The third-order valence-electron chi connectivity index (χ3n) is 2.96. The number of nitrogens with zero attached hydrogens (tertiary/aromatic N) is 1. The van der Waals surface area contributed by atoms with E-state index in [0.717, 1.165) is 11.4 Å². The van der Waals surface area contributed by atoms with Crippen LogP contribution < -0.4 is 0 Å². The van der Waals surface area contributed by atoms with E-state index in [1.807, 2.05) is 18.3 Å². The molecule has 0 spiro atoms. The highest BCUT2D eigenvalue weighted by Crippen LogP contribution is 2.26. The molecule has 1 aromatic heterocycles. The highest BCUT2D eigenvalue weighted by atomic mass is 16.7. The van der Waals surface area contributed by atoms with Gasteiger partial charge in [0.15, 0.2) is 6.29 Å². The monoisotopic (exact) mass is 229 g/mol. The summed E-state index contributed by atoms with van der Waals surface area (Å²) in [6, 6.07) is 12.5. The summed E-state index contributed by atoms with van der Waals surface area (Å²) in [7, 11) is 0. The average Bonchev–Trinajstić information content (AvgIpc) is 3.00. The molecule has 0 atom stereocenters. The van der Waals surface area contributed by atoms with Gasteiger partial charge in [-0.25, -0.2) is 0 Å². The van der Waals surface area contributed by atoms with Gasteiger partial charge in [-0.1, -0.05) is 17.7 Å². The van der Waals surface area contributed by atoms with Crippen molar-refractivity contribution in [2.45, 2.75) is 13.2 Å². The zero-order valence-electron chi connectivity index (χ0n) is 9.80. The number of hydrogen-bond acceptors (Lipinski definition) is 2. The standard InChI is InChI=1S/C14H15NO2/c1-11-4-6-12(7-5-11)15-8-2-3-13(15)14-16-9-10-17-14/h2-8,14H,9-10H2,1H3. The normalized spacial score (nSPS) is 16.5. The molecule has 0 aliphatic carbocycles. The van der Waals surface area contributed by atoms with E-state index in [9.17, 15) is 0 Å². The number of benzene rings is 1. The van der Waals surface area contributed by atoms with Crippen LogP contribution in [0.5, 0.6) is 0 Å². The number of aryl methyl sites for hydroxylation is 1. The zero-order valence-corrected chi connectivity index (χ0v) is 9.80. The van der Waals surface area contributed by atoms with Crippen LogP contribution in [-0.4, -0.2) is 17.8 Å². The lowest BCUT2D eigenvalue weighted by molar-refractivity contribution is -0.0483. The second-order valence-corrected chi connectivity index (χ2v) is 4.21. The van der Waals surface area contributed by atoms with E-state index in [1.54, 1.807) is 0 Å². The first kappa shape index (κ1) is 10.6. The number of aromatic nitrogens is 1. The fourth-order valence-corrected chi connectivity index (χ4v) is 2.06. The van der Waals surface area contributed by atoms with Crippen LogP contribution in [0.25, 0.3) is 5.69 Å². The Bertz CT molecular complexity index is 495. The molecule has 0 radical (unpaired) electrons. The maximum absolute atomic E-state index is 5.54. The Morgan fingerprint density at radius 3 is 2.47 bits per heavy atom. The van der Waals surface area contributed by atoms with Gasteiger partial charge in [0.05, 0.1) is 18.9 Å². The van der Waals surface area contributed by atoms with E-state index < -0.39 is 0 Å². The van der Waals surface area contributed by atoms with E-state index in [-0.39, 0.29) is 6.29 Å². The first-order valence-electron chi connectivity index (χ1n) is 5.82. The second-order valence-electron chi connectivity index (χ2n) is 4.21. The summed E-state index contributed by atoms with van der Waals surface area (Å²) in [5.74, 6) is 0. The summed E-state index contributed by atoms with van der Waals surface area (Å²) in [6.45, 7) is 3.43. The first-order valence-corrected chi connectivity index (χ1v) is 5.82. The van der Waals surface area contributed by atoms with E-state index in [2.05, 4.69) is 35.8 Å². The van der Waals surface area contributed by atoms with Crippen LogP contribution in [0.3, 0.4) is 0 Å². The molecule has 0 N–H and O–H groups in total. The largest absolute Gasteiger partial charge is 0.345 e. The van der Waals surface area contributed by atoms with Gasteiger partial charge in [-0.2, -0.15) is 0 Å². The molecule has 17 heavy (non-hydrogen) atoms. The van der Waals surface area contributed by atoms with Crippen molar-refractivity contribution in [2.24, 2.45) is 0 Å². The highest BCUT2D eigenvalue weighted by Gasteiger charge is 2.21. The molecule has 0 amide bonds. The second kappa shape index (κ2) is 4.35. The predicted molar refractivity (Wildman–Crippen MR) is 65.2 cm³/mol. The molecule has 88 valence electrons. The van der Waals surface area contributed by atoms with Crippen molar-refractivity contribution < 1.29 is 9.47 Å². The minimum Gasteiger partial charge on any atom is -0.345 e. The molecule has 0 unspecified atom stereocenters. The van der Waals surface area contributed by atoms with Crippen molar-refractivity contribution in [3.63, 3.8) is 0 Å². The van der Waals surface area contributed by atoms with Crippen molar-refractivity contribution in [1.29, 1.82) is 0 Å². The van der Waals surface area contributed by atoms with Crippen LogP contribution in [0, 0.1) is 6.92 Å². The molecule has 0 saturated carbocycles. The average molecular weight is 229 g/mol. The Kier molecular flexibility index (Phi) is 2.71. The lowest BCUT2D eigenvalue weighted by Crippen LogP contribution is -2.05. The summed E-state index contributed by atoms with van der Waals surface area (Å²) in [5, 5.41) is 0. The number of rotatable bonds is 2. The van der Waals surface area contributed by atoms with Crippen molar-refractivity contribution in [1.82, 2.24) is 4.57 Å². The smallest absolute Gasteiger partial charge is 0.199 e. The third-order valence-corrected chi connectivity index (χ3v) is 2.96. The maximum atomic E-state index is 5.54. The van der Waals surface area contributed by atoms with E-state index >= 15 is 0 Å². The van der Waals surface area contributed by atoms with Crippen molar-refractivity contribution >= 4 is 0 Å². The molecule has 1 aliphatic rings. The Labute approximate surface area is 101 Å². The summed E-state index contributed by atoms with van der Waals surface area (Å²) < 4.78 is 13.2. The third kappa shape index (κ3) is 1.99. The minimum atomic E-state index is -0.230. The molecule has 3 nitrogen and oxygen atoms in total. The molecule has 1 aromatic carbocycles. The van der Waals surface area contributed by atoms with Gasteiger partial charge in [-0.3, -0.25) is 0 Å². The predicted octanol–water partition coefficient (Wildman–Crippen LogP) is 2.83. The van der Waals surface area contributed by atoms with Crippen molar-refractivity contribution in [2.75, 3.05) is 13.2 Å². The van der Waals surface area contributed by atoms with E-state index in [4.69, 9.17) is 9.47 Å². The summed E-state index contributed by atoms with van der Waals surface area (Å²) >= 11 is 0. The van der Waals surface area contributed by atoms with Crippen molar-refractivity contribution in [3.8, 4) is 5.69 Å². The molecule has 3 heteroatoms. The SMILES string of the molecule is Cc1ccc(-n2cccc2C2OCCO2)cc1. The molecule has 3 rings (SSSR count). The minimum absolute atomic E-state index is 0.230. The van der Waals surface area contributed by atoms with Crippen LogP contribution in [0.2, 0.25) is 0 Å². The zero-order chi connectivity index (χ0) is 11.7. The number of ether oxygens (including phenoxy) is 2. The lowest BCUT2D eigenvalue weighted by Gasteiger charge is -2.13. The fraction of sp³-hybridized carbons (Fsp3) is 0.286. The fourth-order valence-electron chi connectivity index (χ4n) is 2.06. The van der Waals surface area contributed by atoms with Crippen LogP contribution in [0.1, 0.15) is 17.5 Å². The van der Waals surface area contributed by atoms with Gasteiger partial charge in [-0.15, -0.1) is 0 Å². The Balaban J connectivity index is 1.97. The summed E-state index contributed by atoms with van der Waals surface area (Å²) in [4.78, 5) is 0. The molecule has 0 bridgehead atoms. The van der Waals surface area contributed by atoms with Crippen LogP contribution in [-0.2, 0) is 9.47 Å². The van der Waals surface area contributed by atoms with Crippen molar-refractivity contribution in [3.05, 3.63) is 53.9 Å². The lowest BCUT2D eigenvalue weighted by atomic mass is 10.2. The topological polar surface area (TPSA) is 23.4 Å². The Hall–Kier alpha value is -1.58. The number of hydrogen-bond donors (Lipinski definition) is 0. The molecule has 1 fully saturated rings. The quantitative estimate of drug-likeness (QED) is 0.790. The van der Waals surface area contributed by atoms with Gasteiger partial charge in [0.1, 0.15) is 0 Å². The van der Waals surface area contributed by atoms with E-state index in [1.165, 1.54) is 5.56 Å². The Morgan fingerprint density at radius 1 is 1.06 bits per heavy atom. The van der Waals surface area contributed by atoms with Gasteiger partial charge in [0.2, 0.25) is 0 Å².